The molecule has 2 heterocycles. The third kappa shape index (κ3) is 6.73. The zero-order valence-electron chi connectivity index (χ0n) is 30.4. The van der Waals surface area contributed by atoms with Crippen LogP contribution in [0.5, 0.6) is 11.5 Å². The van der Waals surface area contributed by atoms with Gasteiger partial charge in [-0.15, -0.1) is 15.0 Å². The molecule has 3 N–H and O–H groups in total. The smallest absolute Gasteiger partial charge is 0.146 e. The van der Waals surface area contributed by atoms with Crippen molar-refractivity contribution in [3.63, 3.8) is 0 Å². The van der Waals surface area contributed by atoms with Gasteiger partial charge in [-0.2, -0.15) is 15.6 Å². The standard InChI is InChI=1S/C40H49ClN6O2/c1-37(2,3)24-19-28(36(49)33(21-24)46-42-29-13-11-12-14-30(29)43-46)40(9,10)18-17-39(7,8)25-20-27(38(4,5)6)35(48)34(22-25)47-44-31-16-15-26(41)23-32(31)45-47/h11-16,19-23,31,44,48-49H,17-18H2,1-10H3. The maximum absolute atomic E-state index is 11.9. The van der Waals surface area contributed by atoms with E-state index in [1.165, 1.54) is 0 Å². The molecule has 1 unspecified atom stereocenters. The van der Waals surface area contributed by atoms with Crippen LogP contribution in [-0.4, -0.2) is 37.0 Å². The molecule has 4 aromatic rings. The summed E-state index contributed by atoms with van der Waals surface area (Å²) in [6, 6.07) is 16.0. The highest BCUT2D eigenvalue weighted by Gasteiger charge is 2.35. The Morgan fingerprint density at radius 1 is 0.735 bits per heavy atom. The van der Waals surface area contributed by atoms with E-state index in [4.69, 9.17) is 26.9 Å². The maximum Gasteiger partial charge on any atom is 0.146 e. The fourth-order valence-corrected chi connectivity index (χ4v) is 6.69. The van der Waals surface area contributed by atoms with Gasteiger partial charge in [0.1, 0.15) is 33.9 Å². The second kappa shape index (κ2) is 12.0. The van der Waals surface area contributed by atoms with Crippen LogP contribution >= 0.6 is 11.6 Å². The summed E-state index contributed by atoms with van der Waals surface area (Å²) in [7, 11) is 0. The monoisotopic (exact) mass is 680 g/mol. The summed E-state index contributed by atoms with van der Waals surface area (Å²) < 4.78 is 0. The molecule has 2 aliphatic rings. The highest BCUT2D eigenvalue weighted by Crippen LogP contribution is 2.46. The molecule has 0 radical (unpaired) electrons. The molecule has 0 bridgehead atoms. The third-order valence-electron chi connectivity index (χ3n) is 10.00. The molecule has 1 atom stereocenters. The molecule has 6 rings (SSSR count). The number of phenols is 2. The Bertz CT molecular complexity index is 1990. The number of nitrogens with one attached hydrogen (secondary N) is 1. The first-order valence-corrected chi connectivity index (χ1v) is 17.4. The van der Waals surface area contributed by atoms with Gasteiger partial charge in [0.2, 0.25) is 0 Å². The predicted octanol–water partition coefficient (Wildman–Crippen LogP) is 9.20. The first kappa shape index (κ1) is 34.7. The molecule has 1 aliphatic carbocycles. The highest BCUT2D eigenvalue weighted by molar-refractivity contribution is 6.33. The summed E-state index contributed by atoms with van der Waals surface area (Å²) in [5.41, 5.74) is 9.70. The number of halogens is 1. The SMILES string of the molecule is CC(C)(C)c1cc(-n2nc3ccccc3n2)c(O)c(C(C)(C)CCC(C)(C)c2cc(N3N=C4C=C(Cl)C=CC4N3)c(O)c(C(C)(C)C)c2)c1. The van der Waals surface area contributed by atoms with E-state index in [1.54, 1.807) is 9.91 Å². The molecule has 0 spiro atoms. The fourth-order valence-electron chi connectivity index (χ4n) is 6.50. The van der Waals surface area contributed by atoms with Crippen LogP contribution in [0.1, 0.15) is 104 Å². The molecule has 1 aliphatic heterocycles. The van der Waals surface area contributed by atoms with Crippen LogP contribution < -0.4 is 10.5 Å². The Morgan fingerprint density at radius 2 is 1.31 bits per heavy atom. The van der Waals surface area contributed by atoms with E-state index in [0.717, 1.165) is 51.8 Å². The molecule has 0 fully saturated rings. The summed E-state index contributed by atoms with van der Waals surface area (Å²) in [4.78, 5) is 1.57. The lowest BCUT2D eigenvalue weighted by molar-refractivity contribution is 0.358. The summed E-state index contributed by atoms with van der Waals surface area (Å²) in [5.74, 6) is 0.403. The quantitative estimate of drug-likeness (QED) is 0.180. The summed E-state index contributed by atoms with van der Waals surface area (Å²) in [6.07, 6.45) is 7.28. The molecular formula is C40H49ClN6O2. The molecule has 1 aromatic heterocycles. The number of benzene rings is 3. The van der Waals surface area contributed by atoms with Crippen molar-refractivity contribution < 1.29 is 10.2 Å². The normalized spacial score (nSPS) is 17.0. The van der Waals surface area contributed by atoms with Crippen LogP contribution in [0.2, 0.25) is 0 Å². The van der Waals surface area contributed by atoms with Gasteiger partial charge in [0.25, 0.3) is 0 Å². The van der Waals surface area contributed by atoms with Crippen LogP contribution in [0.4, 0.5) is 5.69 Å². The van der Waals surface area contributed by atoms with Gasteiger partial charge in [-0.05, 0) is 82.0 Å². The van der Waals surface area contributed by atoms with Crippen molar-refractivity contribution in [1.29, 1.82) is 0 Å². The van der Waals surface area contributed by atoms with Crippen molar-refractivity contribution in [3.05, 3.63) is 94.0 Å². The average Bonchev–Trinajstić information content (AvgIpc) is 3.63. The van der Waals surface area contributed by atoms with E-state index in [-0.39, 0.29) is 33.8 Å². The first-order chi connectivity index (χ1) is 22.7. The number of rotatable bonds is 7. The lowest BCUT2D eigenvalue weighted by Gasteiger charge is -2.35. The third-order valence-corrected chi connectivity index (χ3v) is 10.2. The van der Waals surface area contributed by atoms with Crippen LogP contribution in [0.25, 0.3) is 16.7 Å². The van der Waals surface area contributed by atoms with E-state index in [1.807, 2.05) is 54.6 Å². The van der Waals surface area contributed by atoms with Gasteiger partial charge in [0.15, 0.2) is 0 Å². The second-order valence-corrected chi connectivity index (χ2v) is 17.3. The molecule has 8 nitrogen and oxygen atoms in total. The molecule has 258 valence electrons. The number of aromatic nitrogens is 3. The minimum Gasteiger partial charge on any atom is -0.505 e. The number of nitrogens with zero attached hydrogens (tertiary/aromatic N) is 5. The summed E-state index contributed by atoms with van der Waals surface area (Å²) in [5, 5.41) is 40.0. The molecule has 0 saturated carbocycles. The van der Waals surface area contributed by atoms with E-state index < -0.39 is 5.41 Å². The summed E-state index contributed by atoms with van der Waals surface area (Å²) >= 11 is 6.27. The zero-order valence-corrected chi connectivity index (χ0v) is 31.1. The van der Waals surface area contributed by atoms with Crippen molar-refractivity contribution in [3.8, 4) is 17.2 Å². The van der Waals surface area contributed by atoms with Gasteiger partial charge in [-0.3, -0.25) is 0 Å². The van der Waals surface area contributed by atoms with E-state index in [9.17, 15) is 10.2 Å². The Kier molecular flexibility index (Phi) is 8.52. The number of anilines is 1. The number of hydrazone groups is 1. The lowest BCUT2D eigenvalue weighted by Crippen LogP contribution is -2.37. The number of allylic oxidation sites excluding steroid dienone is 2. The molecule has 3 aromatic carbocycles. The fraction of sp³-hybridized carbons (Fsp3) is 0.425. The van der Waals surface area contributed by atoms with Crippen LogP contribution in [0, 0.1) is 0 Å². The van der Waals surface area contributed by atoms with Crippen LogP contribution in [0.15, 0.2) is 76.9 Å². The molecule has 9 heteroatoms. The number of aromatic hydroxyl groups is 2. The average molecular weight is 681 g/mol. The van der Waals surface area contributed by atoms with Crippen molar-refractivity contribution in [2.45, 2.75) is 110 Å². The van der Waals surface area contributed by atoms with E-state index in [2.05, 4.69) is 86.8 Å². The van der Waals surface area contributed by atoms with Gasteiger partial charge in [-0.25, -0.2) is 0 Å². The lowest BCUT2D eigenvalue weighted by atomic mass is 9.70. The maximum atomic E-state index is 11.9. The van der Waals surface area contributed by atoms with Gasteiger partial charge >= 0.3 is 0 Å². The largest absolute Gasteiger partial charge is 0.505 e. The minimum absolute atomic E-state index is 0.116. The molecular weight excluding hydrogens is 632 g/mol. The zero-order chi connectivity index (χ0) is 35.7. The van der Waals surface area contributed by atoms with Crippen LogP contribution in [0.3, 0.4) is 0 Å². The Morgan fingerprint density at radius 3 is 1.92 bits per heavy atom. The van der Waals surface area contributed by atoms with Crippen molar-refractivity contribution >= 4 is 34.0 Å². The summed E-state index contributed by atoms with van der Waals surface area (Å²) in [6.45, 7) is 21.8. The Hall–Kier alpha value is -4.14. The molecule has 49 heavy (non-hydrogen) atoms. The number of hydrogen-bond donors (Lipinski definition) is 3. The number of hydrazine groups is 1. The first-order valence-electron chi connectivity index (χ1n) is 17.0. The molecule has 0 saturated heterocycles. The van der Waals surface area contributed by atoms with E-state index >= 15 is 0 Å². The van der Waals surface area contributed by atoms with Crippen molar-refractivity contribution in [1.82, 2.24) is 20.4 Å². The van der Waals surface area contributed by atoms with Gasteiger partial charge in [0.05, 0.1) is 11.8 Å². The number of hydrogen-bond acceptors (Lipinski definition) is 7. The van der Waals surface area contributed by atoms with Gasteiger partial charge < -0.3 is 10.2 Å². The Balaban J connectivity index is 1.36. The van der Waals surface area contributed by atoms with Crippen molar-refractivity contribution in [2.75, 3.05) is 5.12 Å². The van der Waals surface area contributed by atoms with Gasteiger partial charge in [-0.1, -0.05) is 111 Å². The number of fused-ring (bicyclic) bond motifs is 2. The van der Waals surface area contributed by atoms with Crippen molar-refractivity contribution in [2.24, 2.45) is 5.10 Å². The highest BCUT2D eigenvalue weighted by atomic mass is 35.5. The topological polar surface area (TPSA) is 98.8 Å². The number of phenolic OH excluding ortho intramolecular Hbond substituents is 2. The van der Waals surface area contributed by atoms with Crippen LogP contribution in [-0.2, 0) is 21.7 Å². The van der Waals surface area contributed by atoms with E-state index in [0.29, 0.717) is 16.4 Å². The predicted molar refractivity (Wildman–Crippen MR) is 201 cm³/mol. The Labute approximate surface area is 295 Å². The second-order valence-electron chi connectivity index (χ2n) is 16.9. The van der Waals surface area contributed by atoms with Gasteiger partial charge in [0, 0.05) is 16.2 Å². The molecule has 0 amide bonds. The minimum atomic E-state index is -0.396.